The Morgan fingerprint density at radius 1 is 1.35 bits per heavy atom. The van der Waals surface area contributed by atoms with E-state index < -0.39 is 5.60 Å². The van der Waals surface area contributed by atoms with Crippen LogP contribution in [0.4, 0.5) is 5.82 Å². The molecule has 0 aliphatic carbocycles. The van der Waals surface area contributed by atoms with E-state index in [1.807, 2.05) is 13.1 Å². The fourth-order valence-corrected chi connectivity index (χ4v) is 2.43. The molecule has 1 aromatic heterocycles. The van der Waals surface area contributed by atoms with Crippen LogP contribution in [-0.2, 0) is 6.54 Å². The molecule has 1 aliphatic heterocycles. The van der Waals surface area contributed by atoms with Crippen molar-refractivity contribution in [3.8, 4) is 0 Å². The van der Waals surface area contributed by atoms with Gasteiger partial charge in [0.25, 0.3) is 0 Å². The fourth-order valence-electron chi connectivity index (χ4n) is 2.43. The summed E-state index contributed by atoms with van der Waals surface area (Å²) in [5, 5.41) is 13.4. The highest BCUT2D eigenvalue weighted by atomic mass is 16.3. The number of nitrogens with zero attached hydrogens (tertiary/aromatic N) is 2. The highest BCUT2D eigenvalue weighted by Gasteiger charge is 2.27. The van der Waals surface area contributed by atoms with Crippen LogP contribution in [0.2, 0.25) is 0 Å². The van der Waals surface area contributed by atoms with Crippen molar-refractivity contribution in [2.24, 2.45) is 5.92 Å². The predicted molar refractivity (Wildman–Crippen MR) is 82.9 cm³/mol. The van der Waals surface area contributed by atoms with Gasteiger partial charge in [-0.2, -0.15) is 0 Å². The quantitative estimate of drug-likeness (QED) is 0.866. The van der Waals surface area contributed by atoms with Crippen LogP contribution in [0.25, 0.3) is 0 Å². The molecule has 4 heteroatoms. The van der Waals surface area contributed by atoms with Crippen molar-refractivity contribution < 1.29 is 5.11 Å². The summed E-state index contributed by atoms with van der Waals surface area (Å²) in [6.07, 6.45) is 3.58. The van der Waals surface area contributed by atoms with Gasteiger partial charge in [-0.1, -0.05) is 19.9 Å². The van der Waals surface area contributed by atoms with Crippen molar-refractivity contribution in [2.75, 3.05) is 24.5 Å². The van der Waals surface area contributed by atoms with Crippen LogP contribution in [-0.4, -0.2) is 35.3 Å². The average molecular weight is 277 g/mol. The lowest BCUT2D eigenvalue weighted by Crippen LogP contribution is -2.42. The van der Waals surface area contributed by atoms with E-state index in [4.69, 9.17) is 0 Å². The summed E-state index contributed by atoms with van der Waals surface area (Å²) in [6, 6.07) is 4.23. The second-order valence-corrected chi connectivity index (χ2v) is 6.53. The Labute approximate surface area is 122 Å². The maximum Gasteiger partial charge on any atom is 0.128 e. The van der Waals surface area contributed by atoms with E-state index in [2.05, 4.69) is 41.2 Å². The second-order valence-electron chi connectivity index (χ2n) is 6.53. The highest BCUT2D eigenvalue weighted by Crippen LogP contribution is 2.24. The van der Waals surface area contributed by atoms with Crippen molar-refractivity contribution >= 4 is 5.82 Å². The zero-order valence-electron chi connectivity index (χ0n) is 12.9. The largest absolute Gasteiger partial charge is 0.390 e. The average Bonchev–Trinajstić information content (AvgIpc) is 2.39. The minimum Gasteiger partial charge on any atom is -0.390 e. The first-order valence-corrected chi connectivity index (χ1v) is 7.59. The van der Waals surface area contributed by atoms with E-state index in [0.717, 1.165) is 44.8 Å². The van der Waals surface area contributed by atoms with Crippen LogP contribution in [0.15, 0.2) is 18.3 Å². The fraction of sp³-hybridized carbons (Fsp3) is 0.688. The Balaban J connectivity index is 1.85. The van der Waals surface area contributed by atoms with Gasteiger partial charge < -0.3 is 15.3 Å². The summed E-state index contributed by atoms with van der Waals surface area (Å²) in [5.74, 6) is 1.69. The lowest BCUT2D eigenvalue weighted by atomic mass is 9.94. The topological polar surface area (TPSA) is 48.4 Å². The molecule has 1 aliphatic rings. The summed E-state index contributed by atoms with van der Waals surface area (Å²) >= 11 is 0. The van der Waals surface area contributed by atoms with Gasteiger partial charge >= 0.3 is 0 Å². The first-order chi connectivity index (χ1) is 9.46. The molecule has 0 spiro atoms. The molecule has 2 heterocycles. The van der Waals surface area contributed by atoms with Gasteiger partial charge in [0, 0.05) is 25.8 Å². The third kappa shape index (κ3) is 4.46. The first-order valence-electron chi connectivity index (χ1n) is 7.59. The van der Waals surface area contributed by atoms with Crippen molar-refractivity contribution in [1.29, 1.82) is 0 Å². The van der Waals surface area contributed by atoms with Gasteiger partial charge in [0.15, 0.2) is 0 Å². The number of rotatable bonds is 5. The summed E-state index contributed by atoms with van der Waals surface area (Å²) in [6.45, 7) is 10.00. The van der Waals surface area contributed by atoms with Crippen molar-refractivity contribution in [2.45, 2.75) is 45.8 Å². The molecule has 1 fully saturated rings. The van der Waals surface area contributed by atoms with Crippen LogP contribution < -0.4 is 10.2 Å². The molecule has 0 amide bonds. The number of hydrogen-bond acceptors (Lipinski definition) is 4. The zero-order chi connectivity index (χ0) is 14.6. The van der Waals surface area contributed by atoms with Crippen LogP contribution in [0.3, 0.4) is 0 Å². The number of anilines is 1. The van der Waals surface area contributed by atoms with E-state index in [1.165, 1.54) is 5.56 Å². The molecule has 2 N–H and O–H groups in total. The number of pyridine rings is 1. The zero-order valence-corrected chi connectivity index (χ0v) is 12.9. The third-order valence-electron chi connectivity index (χ3n) is 3.86. The van der Waals surface area contributed by atoms with Crippen molar-refractivity contribution in [3.05, 3.63) is 23.9 Å². The van der Waals surface area contributed by atoms with Gasteiger partial charge in [-0.05, 0) is 43.9 Å². The van der Waals surface area contributed by atoms with Crippen LogP contribution in [0, 0.1) is 5.92 Å². The monoisotopic (exact) mass is 277 g/mol. The predicted octanol–water partition coefficient (Wildman–Crippen LogP) is 2.18. The maximum atomic E-state index is 9.97. The van der Waals surface area contributed by atoms with Crippen LogP contribution >= 0.6 is 0 Å². The Bertz CT molecular complexity index is 404. The molecule has 2 rings (SSSR count). The molecule has 1 saturated heterocycles. The summed E-state index contributed by atoms with van der Waals surface area (Å²) in [4.78, 5) is 6.81. The molecule has 0 aromatic carbocycles. The van der Waals surface area contributed by atoms with Gasteiger partial charge in [0.05, 0.1) is 5.60 Å². The van der Waals surface area contributed by atoms with Gasteiger partial charge in [0.1, 0.15) is 5.82 Å². The van der Waals surface area contributed by atoms with E-state index in [9.17, 15) is 5.11 Å². The number of aromatic nitrogens is 1. The molecule has 0 atom stereocenters. The van der Waals surface area contributed by atoms with E-state index in [-0.39, 0.29) is 0 Å². The minimum atomic E-state index is -0.503. The lowest BCUT2D eigenvalue weighted by Gasteiger charge is -2.36. The number of hydrogen-bond donors (Lipinski definition) is 2. The Morgan fingerprint density at radius 3 is 2.60 bits per heavy atom. The highest BCUT2D eigenvalue weighted by molar-refractivity contribution is 5.40. The summed E-state index contributed by atoms with van der Waals surface area (Å²) in [7, 11) is 0. The third-order valence-corrected chi connectivity index (χ3v) is 3.86. The van der Waals surface area contributed by atoms with E-state index in [1.54, 1.807) is 0 Å². The number of piperidine rings is 1. The molecule has 0 radical (unpaired) electrons. The van der Waals surface area contributed by atoms with Crippen LogP contribution in [0.1, 0.15) is 39.2 Å². The summed E-state index contributed by atoms with van der Waals surface area (Å²) < 4.78 is 0. The smallest absolute Gasteiger partial charge is 0.128 e. The Hall–Kier alpha value is -1.13. The van der Waals surface area contributed by atoms with E-state index in [0.29, 0.717) is 5.92 Å². The Kier molecular flexibility index (Phi) is 5.00. The molecule has 112 valence electrons. The van der Waals surface area contributed by atoms with Gasteiger partial charge in [0.2, 0.25) is 0 Å². The molecule has 4 nitrogen and oxygen atoms in total. The van der Waals surface area contributed by atoms with E-state index >= 15 is 0 Å². The van der Waals surface area contributed by atoms with Gasteiger partial charge in [-0.15, -0.1) is 0 Å². The number of nitrogens with one attached hydrogen (secondary N) is 1. The lowest BCUT2D eigenvalue weighted by molar-refractivity contribution is 0.0350. The molecular weight excluding hydrogens is 250 g/mol. The first kappa shape index (κ1) is 15.3. The SMILES string of the molecule is CC(C)CNCc1ccc(N2CCC(C)(O)CC2)nc1. The van der Waals surface area contributed by atoms with Crippen LogP contribution in [0.5, 0.6) is 0 Å². The molecular formula is C16H27N3O. The minimum absolute atomic E-state index is 0.503. The van der Waals surface area contributed by atoms with Gasteiger partial charge in [-0.3, -0.25) is 0 Å². The number of aliphatic hydroxyl groups is 1. The summed E-state index contributed by atoms with van der Waals surface area (Å²) in [5.41, 5.74) is 0.718. The van der Waals surface area contributed by atoms with Crippen molar-refractivity contribution in [3.63, 3.8) is 0 Å². The molecule has 0 unspecified atom stereocenters. The molecule has 20 heavy (non-hydrogen) atoms. The second kappa shape index (κ2) is 6.55. The van der Waals surface area contributed by atoms with Gasteiger partial charge in [-0.25, -0.2) is 4.98 Å². The molecule has 1 aromatic rings. The Morgan fingerprint density at radius 2 is 2.05 bits per heavy atom. The maximum absolute atomic E-state index is 9.97. The standard InChI is InChI=1S/C16H27N3O/c1-13(2)10-17-11-14-4-5-15(18-12-14)19-8-6-16(3,20)7-9-19/h4-5,12-13,17,20H,6-11H2,1-3H3. The normalized spacial score (nSPS) is 18.6. The molecule has 0 bridgehead atoms. The molecule has 0 saturated carbocycles. The van der Waals surface area contributed by atoms with Crippen molar-refractivity contribution in [1.82, 2.24) is 10.3 Å².